The fourth-order valence-corrected chi connectivity index (χ4v) is 5.70. The monoisotopic (exact) mass is 433 g/mol. The van der Waals surface area contributed by atoms with Gasteiger partial charge in [0, 0.05) is 37.4 Å². The molecular weight excluding hydrogens is 410 g/mol. The third-order valence-electron chi connectivity index (χ3n) is 6.11. The summed E-state index contributed by atoms with van der Waals surface area (Å²) >= 11 is 1.66. The molecule has 1 aliphatic heterocycles. The fraction of sp³-hybridized carbons (Fsp3) is 0.409. The van der Waals surface area contributed by atoms with Crippen molar-refractivity contribution in [2.45, 2.75) is 32.2 Å². The van der Waals surface area contributed by atoms with Crippen LogP contribution in [0.5, 0.6) is 0 Å². The number of nitrogens with one attached hydrogen (secondary N) is 1. The molecule has 0 aromatic carbocycles. The standard InChI is InChI=1S/C22H23N7OS/c1-2-6-16-15(5-1)17-18-19(31-22(17)25-21(16)29-8-10-30-11-9-29)20(27-28-26-18)24-13-14-4-3-7-23-12-14/h3-4,7,12H,1-2,5-6,8-11,13H2,(H,24,26,27). The summed E-state index contributed by atoms with van der Waals surface area (Å²) in [7, 11) is 0. The molecule has 158 valence electrons. The number of hydrogen-bond donors (Lipinski definition) is 1. The molecule has 6 rings (SSSR count). The van der Waals surface area contributed by atoms with E-state index < -0.39 is 0 Å². The van der Waals surface area contributed by atoms with Gasteiger partial charge in [-0.1, -0.05) is 6.07 Å². The van der Waals surface area contributed by atoms with Gasteiger partial charge in [-0.15, -0.1) is 21.5 Å². The molecule has 4 aromatic rings. The summed E-state index contributed by atoms with van der Waals surface area (Å²) in [6.45, 7) is 3.96. The van der Waals surface area contributed by atoms with Crippen molar-refractivity contribution >= 4 is 43.4 Å². The van der Waals surface area contributed by atoms with E-state index >= 15 is 0 Å². The van der Waals surface area contributed by atoms with E-state index in [4.69, 9.17) is 9.72 Å². The Morgan fingerprint density at radius 3 is 2.81 bits per heavy atom. The Morgan fingerprint density at radius 1 is 1.10 bits per heavy atom. The Labute approximate surface area is 183 Å². The van der Waals surface area contributed by atoms with Crippen LogP contribution in [-0.2, 0) is 24.1 Å². The second-order valence-corrected chi connectivity index (χ2v) is 9.01. The van der Waals surface area contributed by atoms with Gasteiger partial charge in [0.05, 0.1) is 13.2 Å². The maximum absolute atomic E-state index is 5.57. The predicted molar refractivity (Wildman–Crippen MR) is 122 cm³/mol. The molecule has 1 N–H and O–H groups in total. The Bertz CT molecular complexity index is 1240. The summed E-state index contributed by atoms with van der Waals surface area (Å²) in [5, 5.41) is 17.4. The lowest BCUT2D eigenvalue weighted by molar-refractivity contribution is 0.122. The van der Waals surface area contributed by atoms with Crippen molar-refractivity contribution in [1.82, 2.24) is 25.4 Å². The van der Waals surface area contributed by atoms with Crippen molar-refractivity contribution in [3.8, 4) is 0 Å². The van der Waals surface area contributed by atoms with Crippen LogP contribution in [0.2, 0.25) is 0 Å². The van der Waals surface area contributed by atoms with E-state index in [9.17, 15) is 0 Å². The van der Waals surface area contributed by atoms with E-state index in [1.54, 1.807) is 17.5 Å². The molecular formula is C22H23N7OS. The summed E-state index contributed by atoms with van der Waals surface area (Å²) in [5.41, 5.74) is 4.81. The largest absolute Gasteiger partial charge is 0.378 e. The third kappa shape index (κ3) is 3.37. The SMILES string of the molecule is c1cncc(CNc2nnnc3c2sc2nc(N4CCOCC4)c4c(c23)CCCC4)c1. The summed E-state index contributed by atoms with van der Waals surface area (Å²) < 4.78 is 6.60. The van der Waals surface area contributed by atoms with Gasteiger partial charge >= 0.3 is 0 Å². The van der Waals surface area contributed by atoms with Gasteiger partial charge in [0.2, 0.25) is 0 Å². The topological polar surface area (TPSA) is 89.0 Å². The van der Waals surface area contributed by atoms with Crippen LogP contribution in [0.15, 0.2) is 24.5 Å². The molecule has 0 unspecified atom stereocenters. The van der Waals surface area contributed by atoms with Gasteiger partial charge in [-0.2, -0.15) is 0 Å². The Morgan fingerprint density at radius 2 is 1.97 bits per heavy atom. The van der Waals surface area contributed by atoms with Crippen LogP contribution in [0.1, 0.15) is 29.5 Å². The van der Waals surface area contributed by atoms with E-state index in [1.165, 1.54) is 29.4 Å². The van der Waals surface area contributed by atoms with Crippen molar-refractivity contribution in [3.05, 3.63) is 41.2 Å². The second-order valence-electron chi connectivity index (χ2n) is 8.01. The van der Waals surface area contributed by atoms with Crippen LogP contribution in [0.4, 0.5) is 11.6 Å². The molecule has 8 nitrogen and oxygen atoms in total. The minimum Gasteiger partial charge on any atom is -0.378 e. The first kappa shape index (κ1) is 18.8. The van der Waals surface area contributed by atoms with Gasteiger partial charge in [-0.05, 0) is 53.7 Å². The first-order chi connectivity index (χ1) is 15.4. The molecule has 4 aromatic heterocycles. The molecule has 5 heterocycles. The van der Waals surface area contributed by atoms with Crippen molar-refractivity contribution in [2.24, 2.45) is 0 Å². The molecule has 31 heavy (non-hydrogen) atoms. The summed E-state index contributed by atoms with van der Waals surface area (Å²) in [6.07, 6.45) is 8.20. The number of rotatable bonds is 4. The number of pyridine rings is 2. The molecule has 1 fully saturated rings. The number of anilines is 2. The fourth-order valence-electron chi connectivity index (χ4n) is 4.61. The molecule has 2 aliphatic rings. The highest BCUT2D eigenvalue weighted by Crippen LogP contribution is 2.42. The molecule has 0 bridgehead atoms. The van der Waals surface area contributed by atoms with Crippen LogP contribution < -0.4 is 10.2 Å². The highest BCUT2D eigenvalue weighted by Gasteiger charge is 2.26. The van der Waals surface area contributed by atoms with Crippen molar-refractivity contribution < 1.29 is 4.74 Å². The molecule has 1 saturated heterocycles. The van der Waals surface area contributed by atoms with E-state index in [2.05, 4.69) is 30.6 Å². The van der Waals surface area contributed by atoms with Gasteiger partial charge in [-0.3, -0.25) is 4.98 Å². The summed E-state index contributed by atoms with van der Waals surface area (Å²) in [6, 6.07) is 3.98. The predicted octanol–water partition coefficient (Wildman–Crippen LogP) is 3.36. The van der Waals surface area contributed by atoms with Gasteiger partial charge in [-0.25, -0.2) is 4.98 Å². The van der Waals surface area contributed by atoms with E-state index in [0.29, 0.717) is 6.54 Å². The van der Waals surface area contributed by atoms with Crippen LogP contribution in [0.3, 0.4) is 0 Å². The summed E-state index contributed by atoms with van der Waals surface area (Å²) in [5.74, 6) is 1.90. The zero-order chi connectivity index (χ0) is 20.6. The number of morpholine rings is 1. The first-order valence-electron chi connectivity index (χ1n) is 10.8. The number of thiophene rings is 1. The van der Waals surface area contributed by atoms with Crippen molar-refractivity contribution in [2.75, 3.05) is 36.5 Å². The molecule has 0 spiro atoms. The average Bonchev–Trinajstić information content (AvgIpc) is 3.23. The minimum atomic E-state index is 0.639. The lowest BCUT2D eigenvalue weighted by atomic mass is 9.90. The maximum Gasteiger partial charge on any atom is 0.170 e. The zero-order valence-electron chi connectivity index (χ0n) is 17.2. The second kappa shape index (κ2) is 7.97. The molecule has 1 aliphatic carbocycles. The molecule has 0 amide bonds. The lowest BCUT2D eigenvalue weighted by Gasteiger charge is -2.31. The highest BCUT2D eigenvalue weighted by molar-refractivity contribution is 7.26. The van der Waals surface area contributed by atoms with Gasteiger partial charge in [0.25, 0.3) is 0 Å². The molecule has 0 radical (unpaired) electrons. The van der Waals surface area contributed by atoms with E-state index in [0.717, 1.165) is 71.4 Å². The first-order valence-corrected chi connectivity index (χ1v) is 11.6. The van der Waals surface area contributed by atoms with E-state index in [1.807, 2.05) is 18.3 Å². The Balaban J connectivity index is 1.47. The van der Waals surface area contributed by atoms with Crippen LogP contribution >= 0.6 is 11.3 Å². The highest BCUT2D eigenvalue weighted by atomic mass is 32.1. The average molecular weight is 434 g/mol. The number of ether oxygens (including phenoxy) is 1. The zero-order valence-corrected chi connectivity index (χ0v) is 18.0. The third-order valence-corrected chi connectivity index (χ3v) is 7.19. The van der Waals surface area contributed by atoms with Crippen molar-refractivity contribution in [3.63, 3.8) is 0 Å². The van der Waals surface area contributed by atoms with Crippen LogP contribution in [-0.4, -0.2) is 51.7 Å². The number of fused-ring (bicyclic) bond motifs is 5. The Hall–Kier alpha value is -2.91. The number of hydrogen-bond acceptors (Lipinski definition) is 9. The molecule has 0 atom stereocenters. The lowest BCUT2D eigenvalue weighted by Crippen LogP contribution is -2.37. The summed E-state index contributed by atoms with van der Waals surface area (Å²) in [4.78, 5) is 12.8. The minimum absolute atomic E-state index is 0.639. The van der Waals surface area contributed by atoms with Crippen LogP contribution in [0.25, 0.3) is 20.4 Å². The van der Waals surface area contributed by atoms with E-state index in [-0.39, 0.29) is 0 Å². The number of nitrogens with zero attached hydrogens (tertiary/aromatic N) is 6. The van der Waals surface area contributed by atoms with Gasteiger partial charge < -0.3 is 15.0 Å². The van der Waals surface area contributed by atoms with Crippen LogP contribution in [0, 0.1) is 0 Å². The molecule has 9 heteroatoms. The number of aromatic nitrogens is 5. The van der Waals surface area contributed by atoms with Crippen molar-refractivity contribution in [1.29, 1.82) is 0 Å². The molecule has 0 saturated carbocycles. The quantitative estimate of drug-likeness (QED) is 0.524. The Kier molecular flexibility index (Phi) is 4.84. The van der Waals surface area contributed by atoms with Gasteiger partial charge in [0.1, 0.15) is 20.9 Å². The maximum atomic E-state index is 5.57. The normalized spacial score (nSPS) is 16.6. The smallest absolute Gasteiger partial charge is 0.170 e. The number of aryl methyl sites for hydroxylation is 1. The van der Waals surface area contributed by atoms with Gasteiger partial charge in [0.15, 0.2) is 5.82 Å².